The van der Waals surface area contributed by atoms with Gasteiger partial charge in [0.15, 0.2) is 11.5 Å². The van der Waals surface area contributed by atoms with Gasteiger partial charge in [0.25, 0.3) is 0 Å². The molecule has 188 valence electrons. The number of methoxy groups -OCH3 is 4. The highest BCUT2D eigenvalue weighted by molar-refractivity contribution is 7.99. The van der Waals surface area contributed by atoms with Crippen LogP contribution in [0.25, 0.3) is 0 Å². The third kappa shape index (κ3) is 5.36. The molecule has 1 unspecified atom stereocenters. The molecular formula is C27H28N2O6S. The molecule has 0 saturated carbocycles. The fourth-order valence-electron chi connectivity index (χ4n) is 4.04. The molecule has 3 aromatic carbocycles. The first-order chi connectivity index (χ1) is 17.5. The van der Waals surface area contributed by atoms with E-state index in [-0.39, 0.29) is 30.0 Å². The molecule has 36 heavy (non-hydrogen) atoms. The second kappa shape index (κ2) is 11.3. The molecule has 4 rings (SSSR count). The van der Waals surface area contributed by atoms with Crippen LogP contribution in [0.15, 0.2) is 65.6 Å². The minimum Gasteiger partial charge on any atom is -0.497 e. The number of hydrogen-bond acceptors (Lipinski definition) is 7. The Balaban J connectivity index is 1.60. The van der Waals surface area contributed by atoms with Crippen molar-refractivity contribution >= 4 is 35.0 Å². The molecule has 0 aliphatic carbocycles. The van der Waals surface area contributed by atoms with Gasteiger partial charge in [-0.2, -0.15) is 0 Å². The van der Waals surface area contributed by atoms with Crippen molar-refractivity contribution in [1.29, 1.82) is 0 Å². The van der Waals surface area contributed by atoms with E-state index in [2.05, 4.69) is 5.32 Å². The van der Waals surface area contributed by atoms with Crippen LogP contribution in [0.1, 0.15) is 17.2 Å². The summed E-state index contributed by atoms with van der Waals surface area (Å²) in [6, 6.07) is 18.4. The SMILES string of the molecule is COc1ccc(OC)c(NC(=O)CN2C(=O)CC(c3ccc(OC)c(OC)c3)Sc3ccccc32)c1. The molecule has 1 aliphatic heterocycles. The number of thioether (sulfide) groups is 1. The van der Waals surface area contributed by atoms with Gasteiger partial charge in [0.05, 0.1) is 39.8 Å². The van der Waals surface area contributed by atoms with Crippen molar-refractivity contribution < 1.29 is 28.5 Å². The maximum Gasteiger partial charge on any atom is 0.244 e. The summed E-state index contributed by atoms with van der Waals surface area (Å²) in [4.78, 5) is 29.0. The van der Waals surface area contributed by atoms with Crippen LogP contribution in [-0.2, 0) is 9.59 Å². The van der Waals surface area contributed by atoms with Gasteiger partial charge in [0.2, 0.25) is 11.8 Å². The number of nitrogens with one attached hydrogen (secondary N) is 1. The van der Waals surface area contributed by atoms with E-state index < -0.39 is 0 Å². The lowest BCUT2D eigenvalue weighted by molar-refractivity contribution is -0.121. The van der Waals surface area contributed by atoms with Crippen LogP contribution >= 0.6 is 11.8 Å². The van der Waals surface area contributed by atoms with E-state index >= 15 is 0 Å². The number of hydrogen-bond donors (Lipinski definition) is 1. The summed E-state index contributed by atoms with van der Waals surface area (Å²) < 4.78 is 21.4. The van der Waals surface area contributed by atoms with Gasteiger partial charge >= 0.3 is 0 Å². The number of carbonyl (C=O) groups is 2. The first-order valence-electron chi connectivity index (χ1n) is 11.3. The molecule has 1 N–H and O–H groups in total. The van der Waals surface area contributed by atoms with Gasteiger partial charge < -0.3 is 29.2 Å². The third-order valence-electron chi connectivity index (χ3n) is 5.85. The Morgan fingerprint density at radius 3 is 2.36 bits per heavy atom. The fourth-order valence-corrected chi connectivity index (χ4v) is 5.31. The first kappa shape index (κ1) is 25.2. The van der Waals surface area contributed by atoms with Crippen molar-refractivity contribution in [2.75, 3.05) is 45.2 Å². The molecule has 0 fully saturated rings. The Hall–Kier alpha value is -3.85. The van der Waals surface area contributed by atoms with Gasteiger partial charge in [-0.05, 0) is 42.0 Å². The lowest BCUT2D eigenvalue weighted by atomic mass is 10.1. The van der Waals surface area contributed by atoms with Crippen molar-refractivity contribution in [3.8, 4) is 23.0 Å². The number of fused-ring (bicyclic) bond motifs is 1. The first-order valence-corrected chi connectivity index (χ1v) is 12.1. The van der Waals surface area contributed by atoms with Gasteiger partial charge in [-0.15, -0.1) is 11.8 Å². The van der Waals surface area contributed by atoms with Gasteiger partial charge in [0.1, 0.15) is 18.0 Å². The molecule has 1 heterocycles. The maximum absolute atomic E-state index is 13.5. The summed E-state index contributed by atoms with van der Waals surface area (Å²) in [5.74, 6) is 1.80. The van der Waals surface area contributed by atoms with Gasteiger partial charge in [-0.25, -0.2) is 0 Å². The van der Waals surface area contributed by atoms with Crippen molar-refractivity contribution in [3.05, 3.63) is 66.2 Å². The van der Waals surface area contributed by atoms with Crippen LogP contribution in [0.5, 0.6) is 23.0 Å². The molecule has 8 nitrogen and oxygen atoms in total. The average Bonchev–Trinajstić information content (AvgIpc) is 3.04. The normalized spacial score (nSPS) is 14.9. The topological polar surface area (TPSA) is 86.3 Å². The number of anilines is 2. The number of benzene rings is 3. The summed E-state index contributed by atoms with van der Waals surface area (Å²) in [5, 5.41) is 2.69. The standard InChI is InChI=1S/C27H28N2O6S/c1-32-18-10-12-21(33-2)19(14-18)28-26(30)16-29-20-7-5-6-8-24(20)36-25(15-27(29)31)17-9-11-22(34-3)23(13-17)35-4/h5-14,25H,15-16H2,1-4H3,(H,28,30). The number of amides is 2. The third-order valence-corrected chi connectivity index (χ3v) is 7.17. The highest BCUT2D eigenvalue weighted by Crippen LogP contribution is 2.46. The Morgan fingerprint density at radius 2 is 1.64 bits per heavy atom. The summed E-state index contributed by atoms with van der Waals surface area (Å²) in [6.07, 6.45) is 0.213. The molecule has 0 spiro atoms. The number of carbonyl (C=O) groups excluding carboxylic acids is 2. The predicted molar refractivity (Wildman–Crippen MR) is 140 cm³/mol. The monoisotopic (exact) mass is 508 g/mol. The molecule has 0 radical (unpaired) electrons. The summed E-state index contributed by atoms with van der Waals surface area (Å²) in [5.41, 5.74) is 2.10. The highest BCUT2D eigenvalue weighted by atomic mass is 32.2. The second-order valence-electron chi connectivity index (χ2n) is 7.99. The van der Waals surface area contributed by atoms with E-state index in [9.17, 15) is 9.59 Å². The number of ether oxygens (including phenoxy) is 4. The Bertz CT molecular complexity index is 1260. The summed E-state index contributed by atoms with van der Waals surface area (Å²) in [7, 11) is 6.24. The second-order valence-corrected chi connectivity index (χ2v) is 9.23. The Kier molecular flexibility index (Phi) is 7.90. The minimum atomic E-state index is -0.348. The number of rotatable bonds is 8. The van der Waals surface area contributed by atoms with Crippen molar-refractivity contribution in [3.63, 3.8) is 0 Å². The van der Waals surface area contributed by atoms with Crippen LogP contribution in [0.2, 0.25) is 0 Å². The number of para-hydroxylation sites is 1. The van der Waals surface area contributed by atoms with E-state index in [1.165, 1.54) is 12.0 Å². The molecule has 1 atom stereocenters. The maximum atomic E-state index is 13.5. The lowest BCUT2D eigenvalue weighted by Gasteiger charge is -2.22. The largest absolute Gasteiger partial charge is 0.497 e. The van der Waals surface area contributed by atoms with E-state index in [1.54, 1.807) is 51.3 Å². The average molecular weight is 509 g/mol. The van der Waals surface area contributed by atoms with Gasteiger partial charge in [-0.1, -0.05) is 18.2 Å². The van der Waals surface area contributed by atoms with E-state index in [0.717, 1.165) is 10.5 Å². The van der Waals surface area contributed by atoms with E-state index in [4.69, 9.17) is 18.9 Å². The molecule has 2 amide bonds. The van der Waals surface area contributed by atoms with Crippen LogP contribution in [0.3, 0.4) is 0 Å². The predicted octanol–water partition coefficient (Wildman–Crippen LogP) is 4.93. The minimum absolute atomic E-state index is 0.143. The molecule has 3 aromatic rings. The lowest BCUT2D eigenvalue weighted by Crippen LogP contribution is -2.38. The zero-order valence-corrected chi connectivity index (χ0v) is 21.4. The van der Waals surface area contributed by atoms with Gasteiger partial charge in [-0.3, -0.25) is 9.59 Å². The molecule has 9 heteroatoms. The van der Waals surface area contributed by atoms with Crippen LogP contribution < -0.4 is 29.2 Å². The fraction of sp³-hybridized carbons (Fsp3) is 0.259. The molecular weight excluding hydrogens is 480 g/mol. The molecule has 0 saturated heterocycles. The zero-order chi connectivity index (χ0) is 25.7. The molecule has 1 aliphatic rings. The van der Waals surface area contributed by atoms with Crippen LogP contribution in [0.4, 0.5) is 11.4 Å². The quantitative estimate of drug-likeness (QED) is 0.462. The van der Waals surface area contributed by atoms with Gasteiger partial charge in [0, 0.05) is 22.6 Å². The number of nitrogens with zero attached hydrogens (tertiary/aromatic N) is 1. The molecule has 0 aromatic heterocycles. The Morgan fingerprint density at radius 1 is 0.917 bits per heavy atom. The van der Waals surface area contributed by atoms with Crippen molar-refractivity contribution in [1.82, 2.24) is 0 Å². The van der Waals surface area contributed by atoms with Crippen LogP contribution in [0, 0.1) is 0 Å². The highest BCUT2D eigenvalue weighted by Gasteiger charge is 2.31. The Labute approximate surface area is 214 Å². The summed E-state index contributed by atoms with van der Waals surface area (Å²) >= 11 is 1.59. The van der Waals surface area contributed by atoms with Crippen molar-refractivity contribution in [2.24, 2.45) is 0 Å². The van der Waals surface area contributed by atoms with Crippen LogP contribution in [-0.4, -0.2) is 46.8 Å². The van der Waals surface area contributed by atoms with E-state index in [0.29, 0.717) is 34.4 Å². The smallest absolute Gasteiger partial charge is 0.244 e. The van der Waals surface area contributed by atoms with Crippen molar-refractivity contribution in [2.45, 2.75) is 16.6 Å². The molecule has 0 bridgehead atoms. The van der Waals surface area contributed by atoms with E-state index in [1.807, 2.05) is 42.5 Å². The zero-order valence-electron chi connectivity index (χ0n) is 20.6. The summed E-state index contributed by atoms with van der Waals surface area (Å²) in [6.45, 7) is -0.143.